The van der Waals surface area contributed by atoms with E-state index < -0.39 is 10.8 Å². The zero-order chi connectivity index (χ0) is 16.1. The number of carbonyl (C=O) groups excluding carboxylic acids is 1. The van der Waals surface area contributed by atoms with Gasteiger partial charge in [0.25, 0.3) is 5.91 Å². The number of hydrazone groups is 1. The van der Waals surface area contributed by atoms with E-state index in [1.165, 1.54) is 5.01 Å². The van der Waals surface area contributed by atoms with Gasteiger partial charge in [0.1, 0.15) is 5.75 Å². The molecule has 0 fully saturated rings. The van der Waals surface area contributed by atoms with E-state index in [-0.39, 0.29) is 11.7 Å². The minimum atomic E-state index is -1.21. The average Bonchev–Trinajstić information content (AvgIpc) is 3.06. The van der Waals surface area contributed by atoms with Crippen molar-refractivity contribution in [1.29, 1.82) is 0 Å². The van der Waals surface area contributed by atoms with E-state index in [1.54, 1.807) is 0 Å². The average molecular weight is 326 g/mol. The van der Waals surface area contributed by atoms with Crippen LogP contribution in [0.1, 0.15) is 17.5 Å². The molecule has 23 heavy (non-hydrogen) atoms. The molecule has 1 aliphatic rings. The van der Waals surface area contributed by atoms with E-state index in [0.29, 0.717) is 12.3 Å². The van der Waals surface area contributed by atoms with Crippen molar-refractivity contribution >= 4 is 22.4 Å². The molecule has 1 atom stereocenters. The van der Waals surface area contributed by atoms with Crippen molar-refractivity contribution in [1.82, 2.24) is 5.01 Å². The van der Waals surface area contributed by atoms with Crippen LogP contribution in [0.4, 0.5) is 0 Å². The molecule has 0 aromatic heterocycles. The molecule has 5 heteroatoms. The fraction of sp³-hybridized carbons (Fsp3) is 0.222. The summed E-state index contributed by atoms with van der Waals surface area (Å²) in [6, 6.07) is 19.4. The Bertz CT molecular complexity index is 729. The van der Waals surface area contributed by atoms with Crippen LogP contribution in [0.15, 0.2) is 65.8 Å². The molecule has 3 rings (SSSR count). The van der Waals surface area contributed by atoms with E-state index in [4.69, 9.17) is 0 Å². The van der Waals surface area contributed by atoms with Crippen LogP contribution in [-0.2, 0) is 21.3 Å². The summed E-state index contributed by atoms with van der Waals surface area (Å²) in [4.78, 5) is 12.2. The molecular formula is C18H18N2O2S. The lowest BCUT2D eigenvalue weighted by atomic mass is 10.1. The number of nitrogens with zero attached hydrogens (tertiary/aromatic N) is 2. The quantitative estimate of drug-likeness (QED) is 0.848. The lowest BCUT2D eigenvalue weighted by Gasteiger charge is -2.11. The van der Waals surface area contributed by atoms with Gasteiger partial charge in [0, 0.05) is 23.0 Å². The topological polar surface area (TPSA) is 49.7 Å². The van der Waals surface area contributed by atoms with Gasteiger partial charge in [-0.25, -0.2) is 5.01 Å². The number of benzene rings is 2. The summed E-state index contributed by atoms with van der Waals surface area (Å²) in [6.45, 7) is 0.561. The maximum absolute atomic E-state index is 12.2. The van der Waals surface area contributed by atoms with Gasteiger partial charge >= 0.3 is 0 Å². The van der Waals surface area contributed by atoms with Gasteiger partial charge < -0.3 is 0 Å². The van der Waals surface area contributed by atoms with E-state index in [9.17, 15) is 9.00 Å². The number of amides is 1. The van der Waals surface area contributed by atoms with Crippen molar-refractivity contribution < 1.29 is 9.00 Å². The molecule has 1 heterocycles. The molecule has 0 aliphatic carbocycles. The first-order valence-electron chi connectivity index (χ1n) is 7.54. The molecule has 1 amide bonds. The summed E-state index contributed by atoms with van der Waals surface area (Å²) in [5, 5.41) is 5.83. The van der Waals surface area contributed by atoms with Gasteiger partial charge in [0.2, 0.25) is 0 Å². The van der Waals surface area contributed by atoms with Crippen molar-refractivity contribution in [3.8, 4) is 0 Å². The van der Waals surface area contributed by atoms with E-state index in [0.717, 1.165) is 23.3 Å². The van der Waals surface area contributed by atoms with Crippen LogP contribution in [0.25, 0.3) is 0 Å². The monoisotopic (exact) mass is 326 g/mol. The largest absolute Gasteiger partial charge is 0.272 e. The number of hydrogen-bond acceptors (Lipinski definition) is 3. The van der Waals surface area contributed by atoms with Crippen LogP contribution < -0.4 is 0 Å². The lowest BCUT2D eigenvalue weighted by molar-refractivity contribution is -0.127. The van der Waals surface area contributed by atoms with Gasteiger partial charge in [0.05, 0.1) is 12.3 Å². The van der Waals surface area contributed by atoms with Crippen LogP contribution in [0.2, 0.25) is 0 Å². The maximum Gasteiger partial charge on any atom is 0.255 e. The molecule has 0 bridgehead atoms. The highest BCUT2D eigenvalue weighted by Gasteiger charge is 2.22. The second-order valence-corrected chi connectivity index (χ2v) is 6.85. The Morgan fingerprint density at radius 3 is 2.39 bits per heavy atom. The molecule has 0 saturated heterocycles. The van der Waals surface area contributed by atoms with Gasteiger partial charge in [-0.1, -0.05) is 60.7 Å². The minimum Gasteiger partial charge on any atom is -0.272 e. The van der Waals surface area contributed by atoms with Gasteiger partial charge in [-0.15, -0.1) is 0 Å². The Kier molecular flexibility index (Phi) is 4.98. The Balaban J connectivity index is 1.59. The fourth-order valence-electron chi connectivity index (χ4n) is 2.49. The van der Waals surface area contributed by atoms with Crippen LogP contribution in [0.3, 0.4) is 0 Å². The van der Waals surface area contributed by atoms with E-state index >= 15 is 0 Å². The normalized spacial score (nSPS) is 15.3. The van der Waals surface area contributed by atoms with Crippen LogP contribution >= 0.6 is 0 Å². The predicted octanol–water partition coefficient (Wildman–Crippen LogP) is 2.57. The first-order valence-corrected chi connectivity index (χ1v) is 9.03. The third kappa shape index (κ3) is 4.13. The number of hydrogen-bond donors (Lipinski definition) is 0. The van der Waals surface area contributed by atoms with Crippen LogP contribution in [0, 0.1) is 0 Å². The Labute approximate surface area is 138 Å². The predicted molar refractivity (Wildman–Crippen MR) is 92.5 cm³/mol. The van der Waals surface area contributed by atoms with Crippen molar-refractivity contribution in [3.05, 3.63) is 71.8 Å². The van der Waals surface area contributed by atoms with E-state index in [1.807, 2.05) is 60.7 Å². The van der Waals surface area contributed by atoms with Crippen LogP contribution in [-0.4, -0.2) is 33.1 Å². The summed E-state index contributed by atoms with van der Waals surface area (Å²) in [6.07, 6.45) is 0.737. The molecule has 0 unspecified atom stereocenters. The smallest absolute Gasteiger partial charge is 0.255 e. The fourth-order valence-corrected chi connectivity index (χ4v) is 3.58. The molecule has 2 aromatic carbocycles. The molecule has 0 saturated carbocycles. The summed E-state index contributed by atoms with van der Waals surface area (Å²) >= 11 is 0. The van der Waals surface area contributed by atoms with Gasteiger partial charge in [-0.05, 0) is 11.1 Å². The minimum absolute atomic E-state index is 0.0143. The van der Waals surface area contributed by atoms with Crippen molar-refractivity contribution in [2.45, 2.75) is 12.2 Å². The van der Waals surface area contributed by atoms with Gasteiger partial charge in [0.15, 0.2) is 0 Å². The zero-order valence-electron chi connectivity index (χ0n) is 12.7. The highest BCUT2D eigenvalue weighted by Crippen LogP contribution is 2.14. The summed E-state index contributed by atoms with van der Waals surface area (Å²) in [7, 11) is -1.21. The summed E-state index contributed by atoms with van der Waals surface area (Å²) in [5.41, 5.74) is 2.93. The number of rotatable bonds is 5. The first kappa shape index (κ1) is 15.6. The lowest BCUT2D eigenvalue weighted by Crippen LogP contribution is -2.28. The standard InChI is InChI=1S/C18H18N2O2S/c21-18(14-23(22)13-15-7-3-1-4-8-15)20-12-11-17(19-20)16-9-5-2-6-10-16/h1-10H,11-14H2/t23-/m1/s1. The van der Waals surface area contributed by atoms with Gasteiger partial charge in [-0.2, -0.15) is 5.10 Å². The Morgan fingerprint density at radius 2 is 1.70 bits per heavy atom. The molecule has 118 valence electrons. The molecular weight excluding hydrogens is 308 g/mol. The highest BCUT2D eigenvalue weighted by molar-refractivity contribution is 7.84. The Hall–Kier alpha value is -2.27. The molecule has 0 spiro atoms. The van der Waals surface area contributed by atoms with Crippen molar-refractivity contribution in [2.75, 3.05) is 12.3 Å². The van der Waals surface area contributed by atoms with E-state index in [2.05, 4.69) is 5.10 Å². The zero-order valence-corrected chi connectivity index (χ0v) is 13.5. The van der Waals surface area contributed by atoms with Crippen molar-refractivity contribution in [3.63, 3.8) is 0 Å². The third-order valence-electron chi connectivity index (χ3n) is 3.65. The number of carbonyl (C=O) groups is 1. The molecule has 2 aromatic rings. The van der Waals surface area contributed by atoms with Crippen molar-refractivity contribution in [2.24, 2.45) is 5.10 Å². The molecule has 4 nitrogen and oxygen atoms in total. The second-order valence-electron chi connectivity index (χ2n) is 5.39. The maximum atomic E-state index is 12.2. The third-order valence-corrected chi connectivity index (χ3v) is 4.88. The molecule has 0 radical (unpaired) electrons. The van der Waals surface area contributed by atoms with Crippen LogP contribution in [0.5, 0.6) is 0 Å². The molecule has 1 aliphatic heterocycles. The highest BCUT2D eigenvalue weighted by atomic mass is 32.2. The summed E-state index contributed by atoms with van der Waals surface area (Å²) < 4.78 is 12.1. The molecule has 0 N–H and O–H groups in total. The van der Waals surface area contributed by atoms with Gasteiger partial charge in [-0.3, -0.25) is 9.00 Å². The summed E-state index contributed by atoms with van der Waals surface area (Å²) in [5.74, 6) is 0.237. The Morgan fingerprint density at radius 1 is 1.04 bits per heavy atom. The SMILES string of the molecule is O=C(C[S@](=O)Cc1ccccc1)N1CCC(c2ccccc2)=N1. The second kappa shape index (κ2) is 7.33. The first-order chi connectivity index (χ1) is 11.2.